The number of hydrogen-bond acceptors (Lipinski definition) is 5. The summed E-state index contributed by atoms with van der Waals surface area (Å²) in [6.07, 6.45) is 10.6. The molecular weight excluding hydrogens is 597 g/mol. The minimum absolute atomic E-state index is 0.0956. The summed E-state index contributed by atoms with van der Waals surface area (Å²) in [5.74, 6) is 0.574. The third-order valence-corrected chi connectivity index (χ3v) is 11.6. The summed E-state index contributed by atoms with van der Waals surface area (Å²) in [5, 5.41) is 0.544. The van der Waals surface area contributed by atoms with Crippen LogP contribution in [0.25, 0.3) is 22.1 Å². The quantitative estimate of drug-likeness (QED) is 0.0653. The second-order valence-electron chi connectivity index (χ2n) is 12.2. The van der Waals surface area contributed by atoms with Gasteiger partial charge in [0.25, 0.3) is 0 Å². The standard InChI is InChI=1S/C36H51F3O5Si/c1-5-6-15-18-28-19-22-31(33(25-28)36(37,38)39)32-26-29-20-21-30(27-34(29)44-35(32)40)43-23-16-13-11-9-7-8-10-12-14-17-24-45(4,41-2)42-3/h19-22,25-27H,5-18,23-24H2,1-4H3. The summed E-state index contributed by atoms with van der Waals surface area (Å²) in [7, 11) is 1.58. The van der Waals surface area contributed by atoms with Crippen LogP contribution in [0.2, 0.25) is 12.6 Å². The van der Waals surface area contributed by atoms with E-state index in [-0.39, 0.29) is 11.1 Å². The first-order chi connectivity index (χ1) is 21.6. The average Bonchev–Trinajstić information content (AvgIpc) is 3.02. The zero-order valence-corrected chi connectivity index (χ0v) is 28.5. The Morgan fingerprint density at radius 3 is 2.02 bits per heavy atom. The number of benzene rings is 2. The van der Waals surface area contributed by atoms with Crippen molar-refractivity contribution in [3.05, 3.63) is 64.0 Å². The van der Waals surface area contributed by atoms with E-state index in [1.54, 1.807) is 38.5 Å². The first-order valence-electron chi connectivity index (χ1n) is 16.6. The number of ether oxygens (including phenoxy) is 1. The summed E-state index contributed by atoms with van der Waals surface area (Å²) >= 11 is 0. The van der Waals surface area contributed by atoms with E-state index in [1.165, 1.54) is 63.5 Å². The maximum absolute atomic E-state index is 14.0. The normalized spacial score (nSPS) is 12.2. The van der Waals surface area contributed by atoms with Crippen LogP contribution in [-0.4, -0.2) is 29.4 Å². The molecule has 0 saturated heterocycles. The van der Waals surface area contributed by atoms with Crippen LogP contribution in [0.1, 0.15) is 102 Å². The van der Waals surface area contributed by atoms with E-state index in [1.807, 2.05) is 0 Å². The number of halogens is 3. The molecule has 0 aliphatic rings. The molecule has 0 atom stereocenters. The lowest BCUT2D eigenvalue weighted by atomic mass is 9.95. The second kappa shape index (κ2) is 18.5. The molecule has 0 spiro atoms. The van der Waals surface area contributed by atoms with Crippen LogP contribution >= 0.6 is 0 Å². The number of unbranched alkanes of at least 4 members (excludes halogenated alkanes) is 11. The van der Waals surface area contributed by atoms with Gasteiger partial charge in [-0.15, -0.1) is 0 Å². The lowest BCUT2D eigenvalue weighted by Crippen LogP contribution is -2.35. The molecule has 3 aromatic rings. The van der Waals surface area contributed by atoms with Gasteiger partial charge in [0.2, 0.25) is 0 Å². The van der Waals surface area contributed by atoms with Crippen LogP contribution in [0, 0.1) is 0 Å². The number of fused-ring (bicyclic) bond motifs is 1. The van der Waals surface area contributed by atoms with E-state index < -0.39 is 25.9 Å². The van der Waals surface area contributed by atoms with E-state index in [0.717, 1.165) is 44.2 Å². The number of hydrogen-bond donors (Lipinski definition) is 0. The Balaban J connectivity index is 1.43. The Bertz CT molecular complexity index is 1370. The Hall–Kier alpha value is -2.62. The molecule has 0 N–H and O–H groups in total. The summed E-state index contributed by atoms with van der Waals surface area (Å²) < 4.78 is 64.4. The second-order valence-corrected chi connectivity index (χ2v) is 15.7. The van der Waals surface area contributed by atoms with Gasteiger partial charge in [0.15, 0.2) is 0 Å². The van der Waals surface area contributed by atoms with Crippen molar-refractivity contribution >= 4 is 19.5 Å². The Kier molecular flexibility index (Phi) is 15.1. The topological polar surface area (TPSA) is 57.9 Å². The molecule has 1 heterocycles. The minimum Gasteiger partial charge on any atom is -0.493 e. The highest BCUT2D eigenvalue weighted by Crippen LogP contribution is 2.38. The third kappa shape index (κ3) is 11.9. The molecular formula is C36H51F3O5Si. The van der Waals surface area contributed by atoms with Crippen LogP contribution in [0.4, 0.5) is 13.2 Å². The number of rotatable bonds is 21. The minimum atomic E-state index is -4.59. The van der Waals surface area contributed by atoms with Gasteiger partial charge >= 0.3 is 20.4 Å². The van der Waals surface area contributed by atoms with Gasteiger partial charge in [-0.25, -0.2) is 4.79 Å². The highest BCUT2D eigenvalue weighted by Gasteiger charge is 2.35. The average molecular weight is 649 g/mol. The molecule has 45 heavy (non-hydrogen) atoms. The van der Waals surface area contributed by atoms with Crippen molar-refractivity contribution in [1.29, 1.82) is 0 Å². The molecule has 5 nitrogen and oxygen atoms in total. The Morgan fingerprint density at radius 1 is 0.756 bits per heavy atom. The van der Waals surface area contributed by atoms with Crippen LogP contribution < -0.4 is 10.4 Å². The SMILES string of the molecule is CCCCCc1ccc(-c2cc3ccc(OCCCCCCCCCCCC[Si](C)(OC)OC)cc3oc2=O)c(C(F)(F)F)c1. The lowest BCUT2D eigenvalue weighted by molar-refractivity contribution is -0.137. The molecule has 0 saturated carbocycles. The van der Waals surface area contributed by atoms with Crippen LogP contribution in [-0.2, 0) is 21.4 Å². The molecule has 0 aliphatic carbocycles. The summed E-state index contributed by atoms with van der Waals surface area (Å²) in [4.78, 5) is 12.9. The van der Waals surface area contributed by atoms with Gasteiger partial charge in [0.05, 0.1) is 17.7 Å². The van der Waals surface area contributed by atoms with Gasteiger partial charge < -0.3 is 18.0 Å². The number of aryl methyl sites for hydroxylation is 1. The highest BCUT2D eigenvalue weighted by atomic mass is 28.4. The fraction of sp³-hybridized carbons (Fsp3) is 0.583. The molecule has 0 fully saturated rings. The molecule has 2 aromatic carbocycles. The van der Waals surface area contributed by atoms with E-state index in [9.17, 15) is 18.0 Å². The molecule has 250 valence electrons. The summed E-state index contributed by atoms with van der Waals surface area (Å²) in [6.45, 7) is 4.72. The van der Waals surface area contributed by atoms with Crippen molar-refractivity contribution in [1.82, 2.24) is 0 Å². The maximum atomic E-state index is 14.0. The Morgan fingerprint density at radius 2 is 1.40 bits per heavy atom. The van der Waals surface area contributed by atoms with E-state index in [2.05, 4.69) is 13.5 Å². The van der Waals surface area contributed by atoms with Crippen LogP contribution in [0.15, 0.2) is 51.7 Å². The van der Waals surface area contributed by atoms with Crippen molar-refractivity contribution in [2.45, 2.75) is 116 Å². The van der Waals surface area contributed by atoms with Gasteiger partial charge in [-0.2, -0.15) is 13.2 Å². The number of alkyl halides is 3. The monoisotopic (exact) mass is 648 g/mol. The molecule has 3 rings (SSSR count). The smallest absolute Gasteiger partial charge is 0.417 e. The summed E-state index contributed by atoms with van der Waals surface area (Å²) in [6, 6.07) is 11.9. The zero-order valence-electron chi connectivity index (χ0n) is 27.5. The van der Waals surface area contributed by atoms with E-state index in [4.69, 9.17) is 18.0 Å². The van der Waals surface area contributed by atoms with Gasteiger partial charge in [-0.3, -0.25) is 0 Å². The molecule has 0 aliphatic heterocycles. The van der Waals surface area contributed by atoms with E-state index >= 15 is 0 Å². The fourth-order valence-corrected chi connectivity index (χ4v) is 7.07. The van der Waals surface area contributed by atoms with Crippen LogP contribution in [0.3, 0.4) is 0 Å². The molecule has 0 bridgehead atoms. The predicted molar refractivity (Wildman–Crippen MR) is 178 cm³/mol. The van der Waals surface area contributed by atoms with Crippen molar-refractivity contribution in [3.63, 3.8) is 0 Å². The van der Waals surface area contributed by atoms with Crippen molar-refractivity contribution in [3.8, 4) is 16.9 Å². The van der Waals surface area contributed by atoms with Gasteiger partial charge in [-0.1, -0.05) is 89.7 Å². The van der Waals surface area contributed by atoms with Crippen molar-refractivity contribution in [2.24, 2.45) is 0 Å². The van der Waals surface area contributed by atoms with Crippen molar-refractivity contribution in [2.75, 3.05) is 20.8 Å². The summed E-state index contributed by atoms with van der Waals surface area (Å²) in [5.41, 5.74) is -0.962. The first-order valence-corrected chi connectivity index (χ1v) is 19.1. The molecule has 0 unspecified atom stereocenters. The highest BCUT2D eigenvalue weighted by molar-refractivity contribution is 6.65. The molecule has 1 aromatic heterocycles. The Labute approximate surface area is 267 Å². The predicted octanol–water partition coefficient (Wildman–Crippen LogP) is 10.9. The first kappa shape index (κ1) is 36.8. The van der Waals surface area contributed by atoms with Gasteiger partial charge in [0, 0.05) is 31.2 Å². The third-order valence-electron chi connectivity index (χ3n) is 8.61. The van der Waals surface area contributed by atoms with Gasteiger partial charge in [0.1, 0.15) is 11.3 Å². The lowest BCUT2D eigenvalue weighted by Gasteiger charge is -2.22. The van der Waals surface area contributed by atoms with Gasteiger partial charge in [-0.05, 0) is 61.7 Å². The maximum Gasteiger partial charge on any atom is 0.417 e. The van der Waals surface area contributed by atoms with Crippen LogP contribution in [0.5, 0.6) is 5.75 Å². The molecule has 9 heteroatoms. The molecule has 0 radical (unpaired) electrons. The molecule has 0 amide bonds. The zero-order chi connectivity index (χ0) is 32.7. The van der Waals surface area contributed by atoms with Crippen molar-refractivity contribution < 1.29 is 31.2 Å². The fourth-order valence-electron chi connectivity index (χ4n) is 5.60. The van der Waals surface area contributed by atoms with E-state index in [0.29, 0.717) is 35.3 Å². The largest absolute Gasteiger partial charge is 0.493 e.